The largest absolute Gasteiger partial charge is 0.466 e. The molecule has 0 heterocycles. The van der Waals surface area contributed by atoms with Gasteiger partial charge in [-0.3, -0.25) is 0 Å². The van der Waals surface area contributed by atoms with Crippen molar-refractivity contribution in [3.63, 3.8) is 0 Å². The molecule has 0 aromatic rings. The van der Waals surface area contributed by atoms with E-state index >= 15 is 0 Å². The van der Waals surface area contributed by atoms with Gasteiger partial charge in [0.1, 0.15) is 0 Å². The average molecular weight is 188 g/mol. The highest BCUT2D eigenvalue weighted by atomic mass is 16.7. The molecule has 0 bridgehead atoms. The standard InChI is InChI=1S/C9H16O4/c1-7(5-8(10)11-2)6-9(12-3)13-4/h5,9H,6H2,1-4H3/b7-5+. The van der Waals surface area contributed by atoms with Crippen molar-refractivity contribution in [3.05, 3.63) is 11.6 Å². The molecule has 0 aromatic heterocycles. The number of hydrogen-bond donors (Lipinski definition) is 0. The first-order chi connectivity index (χ1) is 6.13. The first-order valence-corrected chi connectivity index (χ1v) is 3.94. The van der Waals surface area contributed by atoms with E-state index in [0.29, 0.717) is 6.42 Å². The second kappa shape index (κ2) is 6.62. The Labute approximate surface area is 78.5 Å². The minimum absolute atomic E-state index is 0.305. The summed E-state index contributed by atoms with van der Waals surface area (Å²) in [5.74, 6) is -0.358. The lowest BCUT2D eigenvalue weighted by Gasteiger charge is -2.12. The molecule has 76 valence electrons. The molecule has 0 amide bonds. The molecule has 0 radical (unpaired) electrons. The SMILES string of the molecule is COC(=O)/C=C(\C)CC(OC)OC. The van der Waals surface area contributed by atoms with Gasteiger partial charge in [-0.05, 0) is 6.92 Å². The van der Waals surface area contributed by atoms with Crippen molar-refractivity contribution in [2.24, 2.45) is 0 Å². The summed E-state index contributed by atoms with van der Waals surface area (Å²) >= 11 is 0. The molecule has 0 saturated heterocycles. The Morgan fingerprint density at radius 2 is 1.85 bits per heavy atom. The topological polar surface area (TPSA) is 44.8 Å². The van der Waals surface area contributed by atoms with E-state index in [1.54, 1.807) is 14.2 Å². The average Bonchev–Trinajstić information content (AvgIpc) is 2.13. The van der Waals surface area contributed by atoms with Crippen LogP contribution in [-0.2, 0) is 19.0 Å². The Morgan fingerprint density at radius 1 is 1.31 bits per heavy atom. The first kappa shape index (κ1) is 12.1. The van der Waals surface area contributed by atoms with E-state index in [0.717, 1.165) is 5.57 Å². The molecule has 4 heteroatoms. The molecule has 0 aliphatic carbocycles. The van der Waals surface area contributed by atoms with Crippen LogP contribution in [0, 0.1) is 0 Å². The summed E-state index contributed by atoms with van der Waals surface area (Å²) in [6, 6.07) is 0. The van der Waals surface area contributed by atoms with Crippen LogP contribution in [0.25, 0.3) is 0 Å². The van der Waals surface area contributed by atoms with E-state index < -0.39 is 0 Å². The Bertz CT molecular complexity index is 182. The van der Waals surface area contributed by atoms with E-state index in [-0.39, 0.29) is 12.3 Å². The minimum atomic E-state index is -0.358. The van der Waals surface area contributed by atoms with Gasteiger partial charge < -0.3 is 14.2 Å². The highest BCUT2D eigenvalue weighted by Crippen LogP contribution is 2.07. The number of esters is 1. The van der Waals surface area contributed by atoms with Gasteiger partial charge in [-0.2, -0.15) is 0 Å². The summed E-state index contributed by atoms with van der Waals surface area (Å²) in [6.07, 6.45) is 1.67. The monoisotopic (exact) mass is 188 g/mol. The van der Waals surface area contributed by atoms with Crippen LogP contribution in [0.15, 0.2) is 11.6 Å². The van der Waals surface area contributed by atoms with Crippen LogP contribution in [0.5, 0.6) is 0 Å². The van der Waals surface area contributed by atoms with Crippen molar-refractivity contribution < 1.29 is 19.0 Å². The van der Waals surface area contributed by atoms with Crippen molar-refractivity contribution in [2.75, 3.05) is 21.3 Å². The van der Waals surface area contributed by atoms with Crippen LogP contribution in [-0.4, -0.2) is 33.6 Å². The highest BCUT2D eigenvalue weighted by Gasteiger charge is 2.06. The van der Waals surface area contributed by atoms with Gasteiger partial charge in [0, 0.05) is 26.7 Å². The maximum atomic E-state index is 10.8. The lowest BCUT2D eigenvalue weighted by Crippen LogP contribution is -2.13. The van der Waals surface area contributed by atoms with Crippen LogP contribution < -0.4 is 0 Å². The molecule has 0 N–H and O–H groups in total. The lowest BCUT2D eigenvalue weighted by atomic mass is 10.2. The second-order valence-electron chi connectivity index (χ2n) is 2.62. The highest BCUT2D eigenvalue weighted by molar-refractivity contribution is 5.82. The summed E-state index contributed by atoms with van der Waals surface area (Å²) in [6.45, 7) is 1.82. The molecule has 0 saturated carbocycles. The van der Waals surface area contributed by atoms with Crippen molar-refractivity contribution in [1.29, 1.82) is 0 Å². The fourth-order valence-electron chi connectivity index (χ4n) is 0.845. The predicted molar refractivity (Wildman–Crippen MR) is 48.2 cm³/mol. The van der Waals surface area contributed by atoms with Crippen molar-refractivity contribution in [1.82, 2.24) is 0 Å². The molecule has 4 nitrogen and oxygen atoms in total. The molecule has 0 aliphatic rings. The van der Waals surface area contributed by atoms with Gasteiger partial charge >= 0.3 is 5.97 Å². The number of carbonyl (C=O) groups excluding carboxylic acids is 1. The predicted octanol–water partition coefficient (Wildman–Crippen LogP) is 1.11. The number of methoxy groups -OCH3 is 3. The van der Waals surface area contributed by atoms with Gasteiger partial charge in [0.05, 0.1) is 7.11 Å². The zero-order valence-corrected chi connectivity index (χ0v) is 8.49. The van der Waals surface area contributed by atoms with Gasteiger partial charge in [-0.25, -0.2) is 4.79 Å². The Balaban J connectivity index is 4.03. The number of ether oxygens (including phenoxy) is 3. The van der Waals surface area contributed by atoms with Gasteiger partial charge in [-0.1, -0.05) is 5.57 Å². The van der Waals surface area contributed by atoms with Gasteiger partial charge in [0.2, 0.25) is 0 Å². The minimum Gasteiger partial charge on any atom is -0.466 e. The molecule has 0 unspecified atom stereocenters. The third-order valence-electron chi connectivity index (χ3n) is 1.58. The molecule has 0 rings (SSSR count). The Kier molecular flexibility index (Phi) is 6.18. The van der Waals surface area contributed by atoms with Crippen LogP contribution >= 0.6 is 0 Å². The number of hydrogen-bond acceptors (Lipinski definition) is 4. The van der Waals surface area contributed by atoms with Crippen molar-refractivity contribution >= 4 is 5.97 Å². The molecule has 13 heavy (non-hydrogen) atoms. The molecule has 0 atom stereocenters. The summed E-state index contributed by atoms with van der Waals surface area (Å²) in [7, 11) is 4.45. The van der Waals surface area contributed by atoms with Gasteiger partial charge in [0.25, 0.3) is 0 Å². The van der Waals surface area contributed by atoms with Crippen LogP contribution in [0.1, 0.15) is 13.3 Å². The van der Waals surface area contributed by atoms with Crippen LogP contribution in [0.4, 0.5) is 0 Å². The Hall–Kier alpha value is -0.870. The van der Waals surface area contributed by atoms with Gasteiger partial charge in [0.15, 0.2) is 6.29 Å². The first-order valence-electron chi connectivity index (χ1n) is 3.94. The van der Waals surface area contributed by atoms with E-state index in [4.69, 9.17) is 9.47 Å². The van der Waals surface area contributed by atoms with Crippen molar-refractivity contribution in [2.45, 2.75) is 19.6 Å². The second-order valence-corrected chi connectivity index (χ2v) is 2.62. The zero-order valence-electron chi connectivity index (χ0n) is 8.49. The Morgan fingerprint density at radius 3 is 2.23 bits per heavy atom. The third-order valence-corrected chi connectivity index (χ3v) is 1.58. The molecule has 0 aromatic carbocycles. The quantitative estimate of drug-likeness (QED) is 0.368. The smallest absolute Gasteiger partial charge is 0.330 e. The number of rotatable bonds is 5. The number of carbonyl (C=O) groups is 1. The van der Waals surface area contributed by atoms with E-state index in [2.05, 4.69) is 4.74 Å². The molecule has 0 aliphatic heterocycles. The molecular formula is C9H16O4. The maximum Gasteiger partial charge on any atom is 0.330 e. The summed E-state index contributed by atoms with van der Waals surface area (Å²) in [4.78, 5) is 10.8. The van der Waals surface area contributed by atoms with Gasteiger partial charge in [-0.15, -0.1) is 0 Å². The fourth-order valence-corrected chi connectivity index (χ4v) is 0.845. The van der Waals surface area contributed by atoms with E-state index in [1.165, 1.54) is 13.2 Å². The third kappa shape index (κ3) is 5.38. The maximum absolute atomic E-state index is 10.8. The lowest BCUT2D eigenvalue weighted by molar-refractivity contribution is -0.135. The molecule has 0 spiro atoms. The summed E-state index contributed by atoms with van der Waals surface area (Å²) in [5, 5.41) is 0. The zero-order chi connectivity index (χ0) is 10.3. The van der Waals surface area contributed by atoms with E-state index in [1.807, 2.05) is 6.92 Å². The summed E-state index contributed by atoms with van der Waals surface area (Å²) < 4.78 is 14.4. The van der Waals surface area contributed by atoms with Crippen LogP contribution in [0.3, 0.4) is 0 Å². The van der Waals surface area contributed by atoms with E-state index in [9.17, 15) is 4.79 Å². The molecule has 0 fully saturated rings. The summed E-state index contributed by atoms with van der Waals surface area (Å²) in [5.41, 5.74) is 0.862. The molecular weight excluding hydrogens is 172 g/mol. The fraction of sp³-hybridized carbons (Fsp3) is 0.667. The normalized spacial score (nSPS) is 11.9. The van der Waals surface area contributed by atoms with Crippen molar-refractivity contribution in [3.8, 4) is 0 Å². The van der Waals surface area contributed by atoms with Crippen LogP contribution in [0.2, 0.25) is 0 Å².